The molecule has 0 saturated carbocycles. The Labute approximate surface area is 80.5 Å². The summed E-state index contributed by atoms with van der Waals surface area (Å²) in [5, 5.41) is 9.60. The molecule has 0 heterocycles. The molecule has 0 atom stereocenters. The molecule has 0 fully saturated rings. The lowest BCUT2D eigenvalue weighted by molar-refractivity contribution is 0.466. The van der Waals surface area contributed by atoms with Gasteiger partial charge >= 0.3 is 0 Å². The van der Waals surface area contributed by atoms with Crippen LogP contribution in [0, 0.1) is 13.8 Å². The number of halogens is 1. The number of phenols is 1. The number of benzene rings is 1. The van der Waals surface area contributed by atoms with Crippen molar-refractivity contribution in [2.75, 3.05) is 0 Å². The third-order valence-corrected chi connectivity index (χ3v) is 3.00. The third-order valence-electron chi connectivity index (χ3n) is 2.00. The molecule has 0 saturated heterocycles. The smallest absolute Gasteiger partial charge is 0.133 e. The van der Waals surface area contributed by atoms with Gasteiger partial charge in [-0.2, -0.15) is 0 Å². The zero-order valence-electron chi connectivity index (χ0n) is 7.19. The van der Waals surface area contributed by atoms with Crippen molar-refractivity contribution in [3.63, 3.8) is 0 Å². The number of aryl methyl sites for hydroxylation is 1. The van der Waals surface area contributed by atoms with Gasteiger partial charge in [0.2, 0.25) is 0 Å². The average Bonchev–Trinajstić information content (AvgIpc) is 2.08. The SMILES string of the molecule is Cc1cc(CN)c(C)c(O)c1Br. The molecule has 3 N–H and O–H groups in total. The predicted octanol–water partition coefficient (Wildman–Crippen LogP) is 2.23. The number of aromatic hydroxyl groups is 1. The molecule has 12 heavy (non-hydrogen) atoms. The molecule has 0 spiro atoms. The van der Waals surface area contributed by atoms with Gasteiger partial charge in [0, 0.05) is 6.54 Å². The van der Waals surface area contributed by atoms with Gasteiger partial charge in [-0.05, 0) is 46.5 Å². The monoisotopic (exact) mass is 229 g/mol. The summed E-state index contributed by atoms with van der Waals surface area (Å²) in [5.74, 6) is 0.301. The van der Waals surface area contributed by atoms with Crippen LogP contribution in [0.4, 0.5) is 0 Å². The van der Waals surface area contributed by atoms with E-state index in [2.05, 4.69) is 15.9 Å². The fourth-order valence-corrected chi connectivity index (χ4v) is 1.56. The van der Waals surface area contributed by atoms with E-state index in [0.717, 1.165) is 21.2 Å². The summed E-state index contributed by atoms with van der Waals surface area (Å²) in [6.07, 6.45) is 0. The Morgan fingerprint density at radius 1 is 1.50 bits per heavy atom. The second kappa shape index (κ2) is 3.46. The number of hydrogen-bond acceptors (Lipinski definition) is 2. The normalized spacial score (nSPS) is 10.3. The minimum Gasteiger partial charge on any atom is -0.506 e. The summed E-state index contributed by atoms with van der Waals surface area (Å²) >= 11 is 3.30. The number of rotatable bonds is 1. The summed E-state index contributed by atoms with van der Waals surface area (Å²) in [6.45, 7) is 4.26. The minimum atomic E-state index is 0.301. The number of nitrogens with two attached hydrogens (primary N) is 1. The van der Waals surface area contributed by atoms with Crippen LogP contribution in [0.15, 0.2) is 10.5 Å². The van der Waals surface area contributed by atoms with Crippen molar-refractivity contribution in [3.05, 3.63) is 27.2 Å². The standard InChI is InChI=1S/C9H12BrNO/c1-5-3-7(4-11)6(2)9(12)8(5)10/h3,12H,4,11H2,1-2H3. The molecule has 2 nitrogen and oxygen atoms in total. The van der Waals surface area contributed by atoms with Crippen molar-refractivity contribution >= 4 is 15.9 Å². The zero-order chi connectivity index (χ0) is 9.30. The molecule has 1 rings (SSSR count). The van der Waals surface area contributed by atoms with E-state index in [9.17, 15) is 5.11 Å². The van der Waals surface area contributed by atoms with Crippen LogP contribution in [0.1, 0.15) is 16.7 Å². The largest absolute Gasteiger partial charge is 0.506 e. The summed E-state index contributed by atoms with van der Waals surface area (Å²) in [5.41, 5.74) is 8.37. The van der Waals surface area contributed by atoms with Crippen LogP contribution in [-0.2, 0) is 6.54 Å². The van der Waals surface area contributed by atoms with Crippen LogP contribution in [0.2, 0.25) is 0 Å². The first-order chi connectivity index (χ1) is 5.57. The van der Waals surface area contributed by atoms with Crippen molar-refractivity contribution in [3.8, 4) is 5.75 Å². The lowest BCUT2D eigenvalue weighted by atomic mass is 10.0. The van der Waals surface area contributed by atoms with Gasteiger partial charge < -0.3 is 10.8 Å². The van der Waals surface area contributed by atoms with E-state index in [1.165, 1.54) is 0 Å². The highest BCUT2D eigenvalue weighted by Crippen LogP contribution is 2.32. The molecule has 1 aromatic carbocycles. The van der Waals surface area contributed by atoms with Crippen molar-refractivity contribution in [2.24, 2.45) is 5.73 Å². The summed E-state index contributed by atoms with van der Waals surface area (Å²) in [7, 11) is 0. The van der Waals surface area contributed by atoms with E-state index in [1.807, 2.05) is 19.9 Å². The van der Waals surface area contributed by atoms with Crippen molar-refractivity contribution in [2.45, 2.75) is 20.4 Å². The molecule has 0 radical (unpaired) electrons. The first-order valence-corrected chi connectivity index (χ1v) is 4.54. The van der Waals surface area contributed by atoms with Gasteiger partial charge in [-0.25, -0.2) is 0 Å². The van der Waals surface area contributed by atoms with Crippen molar-refractivity contribution in [1.29, 1.82) is 0 Å². The molecule has 0 unspecified atom stereocenters. The van der Waals surface area contributed by atoms with Gasteiger partial charge in [0.15, 0.2) is 0 Å². The fraction of sp³-hybridized carbons (Fsp3) is 0.333. The molecular formula is C9H12BrNO. The maximum Gasteiger partial charge on any atom is 0.133 e. The van der Waals surface area contributed by atoms with E-state index < -0.39 is 0 Å². The van der Waals surface area contributed by atoms with Gasteiger partial charge in [-0.1, -0.05) is 6.07 Å². The third kappa shape index (κ3) is 1.47. The Balaban J connectivity index is 3.39. The summed E-state index contributed by atoms with van der Waals surface area (Å²) < 4.78 is 0.761. The molecule has 3 heteroatoms. The molecule has 0 aliphatic rings. The molecule has 0 amide bonds. The lowest BCUT2D eigenvalue weighted by Gasteiger charge is -2.09. The van der Waals surface area contributed by atoms with Crippen LogP contribution in [0.25, 0.3) is 0 Å². The maximum absolute atomic E-state index is 9.60. The second-order valence-corrected chi connectivity index (χ2v) is 3.64. The van der Waals surface area contributed by atoms with Gasteiger partial charge in [-0.15, -0.1) is 0 Å². The van der Waals surface area contributed by atoms with Crippen LogP contribution >= 0.6 is 15.9 Å². The number of hydrogen-bond donors (Lipinski definition) is 2. The van der Waals surface area contributed by atoms with Gasteiger partial charge in [0.05, 0.1) is 4.47 Å². The van der Waals surface area contributed by atoms with Gasteiger partial charge in [0.1, 0.15) is 5.75 Å². The van der Waals surface area contributed by atoms with Gasteiger partial charge in [0.25, 0.3) is 0 Å². The Hall–Kier alpha value is -0.540. The van der Waals surface area contributed by atoms with Crippen LogP contribution in [0.3, 0.4) is 0 Å². The Kier molecular flexibility index (Phi) is 2.75. The molecular weight excluding hydrogens is 218 g/mol. The van der Waals surface area contributed by atoms with Crippen molar-refractivity contribution < 1.29 is 5.11 Å². The Bertz CT molecular complexity index is 310. The highest BCUT2D eigenvalue weighted by Gasteiger charge is 2.08. The topological polar surface area (TPSA) is 46.2 Å². The lowest BCUT2D eigenvalue weighted by Crippen LogP contribution is -2.00. The number of phenolic OH excluding ortho intramolecular Hbond substituents is 1. The van der Waals surface area contributed by atoms with E-state index >= 15 is 0 Å². The highest BCUT2D eigenvalue weighted by atomic mass is 79.9. The minimum absolute atomic E-state index is 0.301. The first kappa shape index (κ1) is 9.55. The highest BCUT2D eigenvalue weighted by molar-refractivity contribution is 9.10. The molecule has 0 aliphatic heterocycles. The maximum atomic E-state index is 9.60. The fourth-order valence-electron chi connectivity index (χ4n) is 1.15. The van der Waals surface area contributed by atoms with E-state index in [-0.39, 0.29) is 0 Å². The van der Waals surface area contributed by atoms with Crippen molar-refractivity contribution in [1.82, 2.24) is 0 Å². The molecule has 0 aromatic heterocycles. The molecule has 0 aliphatic carbocycles. The molecule has 0 bridgehead atoms. The molecule has 66 valence electrons. The van der Waals surface area contributed by atoms with E-state index in [0.29, 0.717) is 12.3 Å². The zero-order valence-corrected chi connectivity index (χ0v) is 8.77. The molecule has 1 aromatic rings. The predicted molar refractivity (Wildman–Crippen MR) is 53.2 cm³/mol. The summed E-state index contributed by atoms with van der Waals surface area (Å²) in [4.78, 5) is 0. The van der Waals surface area contributed by atoms with Crippen LogP contribution in [0.5, 0.6) is 5.75 Å². The Morgan fingerprint density at radius 2 is 2.08 bits per heavy atom. The van der Waals surface area contributed by atoms with Crippen LogP contribution in [-0.4, -0.2) is 5.11 Å². The second-order valence-electron chi connectivity index (χ2n) is 2.84. The Morgan fingerprint density at radius 3 is 2.58 bits per heavy atom. The van der Waals surface area contributed by atoms with E-state index in [1.54, 1.807) is 0 Å². The average molecular weight is 230 g/mol. The van der Waals surface area contributed by atoms with E-state index in [4.69, 9.17) is 5.73 Å². The first-order valence-electron chi connectivity index (χ1n) is 3.75. The summed E-state index contributed by atoms with van der Waals surface area (Å²) in [6, 6.07) is 1.99. The quantitative estimate of drug-likeness (QED) is 0.777. The van der Waals surface area contributed by atoms with Crippen LogP contribution < -0.4 is 5.73 Å². The van der Waals surface area contributed by atoms with Gasteiger partial charge in [-0.3, -0.25) is 0 Å².